The van der Waals surface area contributed by atoms with Crippen molar-refractivity contribution in [3.8, 4) is 0 Å². The van der Waals surface area contributed by atoms with E-state index in [1.165, 1.54) is 0 Å². The number of carbonyl (C=O) groups excluding carboxylic acids is 2. The maximum absolute atomic E-state index is 13.0. The zero-order chi connectivity index (χ0) is 23.5. The summed E-state index contributed by atoms with van der Waals surface area (Å²) >= 11 is 6.06. The van der Waals surface area contributed by atoms with E-state index in [0.29, 0.717) is 27.9 Å². The Balaban J connectivity index is 1.92. The summed E-state index contributed by atoms with van der Waals surface area (Å²) in [7, 11) is 0. The van der Waals surface area contributed by atoms with Crippen molar-refractivity contribution in [2.45, 2.75) is 26.8 Å². The molecule has 0 fully saturated rings. The number of aliphatic imine (C=N–C) groups is 1. The molecule has 0 aromatic heterocycles. The van der Waals surface area contributed by atoms with Crippen LogP contribution in [-0.2, 0) is 19.1 Å². The summed E-state index contributed by atoms with van der Waals surface area (Å²) in [5.74, 6) is -0.723. The number of hydrogen-bond donors (Lipinski definition) is 0. The van der Waals surface area contributed by atoms with Crippen molar-refractivity contribution in [3.05, 3.63) is 76.5 Å². The largest absolute Gasteiger partial charge is 0.463 e. The number of hydrazone groups is 1. The highest BCUT2D eigenvalue weighted by Crippen LogP contribution is 2.40. The predicted octanol–water partition coefficient (Wildman–Crippen LogP) is 4.29. The Morgan fingerprint density at radius 3 is 2.24 bits per heavy atom. The molecule has 2 aliphatic rings. The lowest BCUT2D eigenvalue weighted by atomic mass is 9.94. The Bertz CT molecular complexity index is 1160. The van der Waals surface area contributed by atoms with E-state index in [0.717, 1.165) is 5.56 Å². The minimum atomic E-state index is -0.682. The molecular formula is C24H23ClN4O4. The van der Waals surface area contributed by atoms with Gasteiger partial charge < -0.3 is 9.47 Å². The van der Waals surface area contributed by atoms with Crippen LogP contribution in [0.4, 0.5) is 5.69 Å². The normalized spacial score (nSPS) is 17.4. The van der Waals surface area contributed by atoms with Gasteiger partial charge in [-0.05, 0) is 50.6 Å². The number of rotatable bonds is 6. The van der Waals surface area contributed by atoms with Crippen LogP contribution in [0.2, 0.25) is 5.02 Å². The second kappa shape index (κ2) is 9.46. The molecule has 2 heterocycles. The van der Waals surface area contributed by atoms with Gasteiger partial charge in [0.1, 0.15) is 0 Å². The zero-order valence-electron chi connectivity index (χ0n) is 18.5. The number of guanidine groups is 1. The number of ether oxygens (including phenoxy) is 2. The molecule has 4 rings (SSSR count). The van der Waals surface area contributed by atoms with Crippen molar-refractivity contribution in [1.29, 1.82) is 0 Å². The molecule has 2 aliphatic heterocycles. The van der Waals surface area contributed by atoms with Crippen molar-refractivity contribution in [3.63, 3.8) is 0 Å². The van der Waals surface area contributed by atoms with Crippen molar-refractivity contribution < 1.29 is 19.1 Å². The van der Waals surface area contributed by atoms with Crippen molar-refractivity contribution >= 4 is 41.0 Å². The number of hydrogen-bond acceptors (Lipinski definition) is 8. The number of allylic oxidation sites excluding steroid dienone is 1. The standard InChI is InChI=1S/C24H23ClN4O4/c1-4-32-22(30)19-15(3)26-24-28(20(19)16-9-7-6-8-10-16)21(23(31)33-5-2)27-29(24)18-13-11-17(25)12-14-18/h6-14,20H,4-5H2,1-3H3. The highest BCUT2D eigenvalue weighted by atomic mass is 35.5. The minimum Gasteiger partial charge on any atom is -0.463 e. The van der Waals surface area contributed by atoms with Gasteiger partial charge in [0.2, 0.25) is 11.8 Å². The maximum atomic E-state index is 13.0. The van der Waals surface area contributed by atoms with Crippen LogP contribution in [0.1, 0.15) is 32.4 Å². The molecule has 8 nitrogen and oxygen atoms in total. The van der Waals surface area contributed by atoms with Gasteiger partial charge in [0.05, 0.1) is 36.2 Å². The van der Waals surface area contributed by atoms with E-state index in [4.69, 9.17) is 21.1 Å². The first-order valence-electron chi connectivity index (χ1n) is 10.6. The van der Waals surface area contributed by atoms with Gasteiger partial charge in [0.15, 0.2) is 0 Å². The van der Waals surface area contributed by atoms with Gasteiger partial charge in [-0.1, -0.05) is 41.9 Å². The summed E-state index contributed by atoms with van der Waals surface area (Å²) in [6.45, 7) is 5.60. The van der Waals surface area contributed by atoms with E-state index < -0.39 is 18.0 Å². The molecule has 170 valence electrons. The van der Waals surface area contributed by atoms with Gasteiger partial charge in [-0.2, -0.15) is 5.01 Å². The van der Waals surface area contributed by atoms with E-state index in [1.807, 2.05) is 30.3 Å². The summed E-state index contributed by atoms with van der Waals surface area (Å²) in [6.07, 6.45) is 0. The number of carbonyl (C=O) groups is 2. The first kappa shape index (κ1) is 22.5. The van der Waals surface area contributed by atoms with E-state index in [9.17, 15) is 9.59 Å². The van der Waals surface area contributed by atoms with Crippen LogP contribution >= 0.6 is 11.6 Å². The number of esters is 2. The molecule has 0 N–H and O–H groups in total. The summed E-state index contributed by atoms with van der Waals surface area (Å²) in [6, 6.07) is 15.7. The summed E-state index contributed by atoms with van der Waals surface area (Å²) < 4.78 is 10.6. The fraction of sp³-hybridized carbons (Fsp3) is 0.250. The lowest BCUT2D eigenvalue weighted by Gasteiger charge is -2.35. The van der Waals surface area contributed by atoms with Crippen LogP contribution in [0.15, 0.2) is 76.0 Å². The highest BCUT2D eigenvalue weighted by molar-refractivity contribution is 6.41. The number of anilines is 1. The fourth-order valence-corrected chi connectivity index (χ4v) is 3.90. The summed E-state index contributed by atoms with van der Waals surface area (Å²) in [5.41, 5.74) is 2.25. The number of amidine groups is 1. The minimum absolute atomic E-state index is 0.0219. The van der Waals surface area contributed by atoms with Crippen LogP contribution in [0.3, 0.4) is 0 Å². The van der Waals surface area contributed by atoms with Crippen LogP contribution in [0.5, 0.6) is 0 Å². The molecule has 1 unspecified atom stereocenters. The molecule has 0 spiro atoms. The number of halogens is 1. The third-order valence-corrected chi connectivity index (χ3v) is 5.41. The number of benzene rings is 2. The average molecular weight is 467 g/mol. The first-order chi connectivity index (χ1) is 16.0. The molecule has 9 heteroatoms. The SMILES string of the molecule is CCOC(=O)C1=NN(c2ccc(Cl)cc2)C2=NC(C)=C(C(=O)OCC)C(c3ccccc3)N12. The smallest absolute Gasteiger partial charge is 0.376 e. The quantitative estimate of drug-likeness (QED) is 0.590. The third-order valence-electron chi connectivity index (χ3n) is 5.16. The fourth-order valence-electron chi connectivity index (χ4n) is 3.77. The molecule has 2 aromatic carbocycles. The van der Waals surface area contributed by atoms with Crippen molar-refractivity contribution in [2.24, 2.45) is 10.1 Å². The molecule has 0 aliphatic carbocycles. The van der Waals surface area contributed by atoms with Crippen LogP contribution < -0.4 is 5.01 Å². The van der Waals surface area contributed by atoms with E-state index in [2.05, 4.69) is 10.1 Å². The lowest BCUT2D eigenvalue weighted by molar-refractivity contribution is -0.139. The van der Waals surface area contributed by atoms with Crippen molar-refractivity contribution in [2.75, 3.05) is 18.2 Å². The van der Waals surface area contributed by atoms with E-state index >= 15 is 0 Å². The van der Waals surface area contributed by atoms with Crippen LogP contribution in [-0.4, -0.2) is 41.8 Å². The Morgan fingerprint density at radius 1 is 0.970 bits per heavy atom. The molecule has 0 saturated carbocycles. The second-order valence-corrected chi connectivity index (χ2v) is 7.68. The predicted molar refractivity (Wildman–Crippen MR) is 126 cm³/mol. The summed E-state index contributed by atoms with van der Waals surface area (Å²) in [5, 5.41) is 6.66. The van der Waals surface area contributed by atoms with Crippen LogP contribution in [0, 0.1) is 0 Å². The Kier molecular flexibility index (Phi) is 6.46. The average Bonchev–Trinajstić information content (AvgIpc) is 3.18. The zero-order valence-corrected chi connectivity index (χ0v) is 19.2. The molecule has 0 saturated heterocycles. The Morgan fingerprint density at radius 2 is 1.61 bits per heavy atom. The summed E-state index contributed by atoms with van der Waals surface area (Å²) in [4.78, 5) is 32.3. The number of nitrogens with zero attached hydrogens (tertiary/aromatic N) is 4. The molecule has 0 bridgehead atoms. The van der Waals surface area contributed by atoms with Gasteiger partial charge in [0.25, 0.3) is 0 Å². The monoisotopic (exact) mass is 466 g/mol. The molecule has 1 atom stereocenters. The van der Waals surface area contributed by atoms with E-state index in [1.54, 1.807) is 54.9 Å². The van der Waals surface area contributed by atoms with Gasteiger partial charge >= 0.3 is 11.9 Å². The highest BCUT2D eigenvalue weighted by Gasteiger charge is 2.47. The molecule has 2 aromatic rings. The van der Waals surface area contributed by atoms with Gasteiger partial charge in [-0.15, -0.1) is 5.10 Å². The van der Waals surface area contributed by atoms with Gasteiger partial charge in [0, 0.05) is 5.02 Å². The van der Waals surface area contributed by atoms with Crippen molar-refractivity contribution in [1.82, 2.24) is 4.90 Å². The molecular weight excluding hydrogens is 444 g/mol. The number of fused-ring (bicyclic) bond motifs is 1. The topological polar surface area (TPSA) is 83.8 Å². The Labute approximate surface area is 196 Å². The molecule has 33 heavy (non-hydrogen) atoms. The van der Waals surface area contributed by atoms with Gasteiger partial charge in [-0.3, -0.25) is 4.90 Å². The van der Waals surface area contributed by atoms with Crippen LogP contribution in [0.25, 0.3) is 0 Å². The second-order valence-electron chi connectivity index (χ2n) is 7.25. The van der Waals surface area contributed by atoms with Gasteiger partial charge in [-0.25, -0.2) is 14.6 Å². The third kappa shape index (κ3) is 4.21. The molecule has 0 radical (unpaired) electrons. The molecule has 0 amide bonds. The first-order valence-corrected chi connectivity index (χ1v) is 11.0. The Hall–Kier alpha value is -3.65. The van der Waals surface area contributed by atoms with E-state index in [-0.39, 0.29) is 19.0 Å². The maximum Gasteiger partial charge on any atom is 0.376 e. The lowest BCUT2D eigenvalue weighted by Crippen LogP contribution is -2.47.